The van der Waals surface area contributed by atoms with Crippen molar-refractivity contribution in [2.45, 2.75) is 50.5 Å². The number of methoxy groups -OCH3 is 1. The Labute approximate surface area is 199 Å². The highest BCUT2D eigenvalue weighted by atomic mass is 19.1. The first kappa shape index (κ1) is 22.5. The van der Waals surface area contributed by atoms with E-state index in [-0.39, 0.29) is 24.3 Å². The second-order valence-corrected chi connectivity index (χ2v) is 9.38. The molecule has 1 fully saturated rings. The van der Waals surface area contributed by atoms with Crippen LogP contribution in [0.4, 0.5) is 4.39 Å². The molecule has 34 heavy (non-hydrogen) atoms. The van der Waals surface area contributed by atoms with E-state index in [0.29, 0.717) is 17.2 Å². The van der Waals surface area contributed by atoms with Crippen LogP contribution in [0.2, 0.25) is 0 Å². The number of rotatable bonds is 7. The zero-order valence-electron chi connectivity index (χ0n) is 19.3. The first-order chi connectivity index (χ1) is 16.5. The Hall–Kier alpha value is -3.34. The lowest BCUT2D eigenvalue weighted by atomic mass is 9.71. The van der Waals surface area contributed by atoms with Gasteiger partial charge in [0.2, 0.25) is 0 Å². The van der Waals surface area contributed by atoms with Crippen LogP contribution in [0, 0.1) is 11.7 Å². The molecule has 1 N–H and O–H groups in total. The molecule has 1 unspecified atom stereocenters. The van der Waals surface area contributed by atoms with Crippen LogP contribution < -0.4 is 9.47 Å². The number of hydrogen-bond acceptors (Lipinski definition) is 3. The predicted molar refractivity (Wildman–Crippen MR) is 129 cm³/mol. The van der Waals surface area contributed by atoms with Crippen molar-refractivity contribution in [1.29, 1.82) is 0 Å². The van der Waals surface area contributed by atoms with Crippen LogP contribution >= 0.6 is 0 Å². The third-order valence-electron chi connectivity index (χ3n) is 7.34. The Morgan fingerprint density at radius 2 is 1.88 bits per heavy atom. The molecule has 3 aromatic carbocycles. The molecule has 0 bridgehead atoms. The maximum atomic E-state index is 14.4. The number of carbonyl (C=O) groups is 1. The first-order valence-corrected chi connectivity index (χ1v) is 12.0. The van der Waals surface area contributed by atoms with E-state index in [0.717, 1.165) is 53.7 Å². The Bertz CT molecular complexity index is 1180. The minimum Gasteiger partial charge on any atom is -0.497 e. The van der Waals surface area contributed by atoms with Gasteiger partial charge in [0.25, 0.3) is 0 Å². The van der Waals surface area contributed by atoms with Crippen LogP contribution in [-0.2, 0) is 11.2 Å². The topological polar surface area (TPSA) is 55.8 Å². The Balaban J connectivity index is 1.36. The molecule has 0 aromatic heterocycles. The number of aryl methyl sites for hydroxylation is 1. The number of hydrogen-bond donors (Lipinski definition) is 1. The molecular formula is C29H29FO4. The van der Waals surface area contributed by atoms with Gasteiger partial charge in [0.1, 0.15) is 23.4 Å². The van der Waals surface area contributed by atoms with Crippen LogP contribution in [0.1, 0.15) is 60.8 Å². The van der Waals surface area contributed by atoms with Crippen molar-refractivity contribution < 1.29 is 23.8 Å². The zero-order chi connectivity index (χ0) is 23.7. The monoisotopic (exact) mass is 460 g/mol. The van der Waals surface area contributed by atoms with Gasteiger partial charge in [-0.15, -0.1) is 0 Å². The number of carboxylic acid groups (broad SMARTS) is 1. The fourth-order valence-electron chi connectivity index (χ4n) is 5.17. The van der Waals surface area contributed by atoms with Gasteiger partial charge in [-0.1, -0.05) is 42.8 Å². The Morgan fingerprint density at radius 3 is 2.56 bits per heavy atom. The van der Waals surface area contributed by atoms with E-state index in [4.69, 9.17) is 9.47 Å². The van der Waals surface area contributed by atoms with Gasteiger partial charge in [-0.25, -0.2) is 4.39 Å². The molecular weight excluding hydrogens is 431 g/mol. The summed E-state index contributed by atoms with van der Waals surface area (Å²) in [7, 11) is 1.57. The second-order valence-electron chi connectivity index (χ2n) is 9.38. The van der Waals surface area contributed by atoms with Crippen LogP contribution in [0.5, 0.6) is 11.5 Å². The largest absolute Gasteiger partial charge is 0.497 e. The van der Waals surface area contributed by atoms with E-state index in [1.165, 1.54) is 12.5 Å². The number of benzene rings is 3. The van der Waals surface area contributed by atoms with Gasteiger partial charge in [0.05, 0.1) is 13.5 Å². The summed E-state index contributed by atoms with van der Waals surface area (Å²) in [5.74, 6) is 0.918. The van der Waals surface area contributed by atoms with Gasteiger partial charge in [-0.2, -0.15) is 0 Å². The SMILES string of the molecule is COc1ccc(F)c(-c2ccc(C3CCc4ccc([C@H](CC(=O)O)C5CCC5)cc4O3)cc2)c1. The molecule has 1 heterocycles. The normalized spacial score (nSPS) is 18.4. The number of carboxylic acids is 1. The fraction of sp³-hybridized carbons (Fsp3) is 0.345. The van der Waals surface area contributed by atoms with Crippen LogP contribution in [0.25, 0.3) is 11.1 Å². The minimum atomic E-state index is -0.749. The number of ether oxygens (including phenoxy) is 2. The highest BCUT2D eigenvalue weighted by Gasteiger charge is 2.31. The second kappa shape index (κ2) is 9.49. The molecule has 2 aliphatic rings. The number of halogens is 1. The van der Waals surface area contributed by atoms with Crippen LogP contribution in [0.3, 0.4) is 0 Å². The van der Waals surface area contributed by atoms with Gasteiger partial charge in [-0.05, 0) is 84.0 Å². The zero-order valence-corrected chi connectivity index (χ0v) is 19.3. The summed E-state index contributed by atoms with van der Waals surface area (Å²) in [6.07, 6.45) is 5.21. The summed E-state index contributed by atoms with van der Waals surface area (Å²) in [5.41, 5.74) is 4.57. The molecule has 0 saturated heterocycles. The lowest BCUT2D eigenvalue weighted by molar-refractivity contribution is -0.138. The van der Waals surface area contributed by atoms with E-state index in [9.17, 15) is 14.3 Å². The molecule has 0 amide bonds. The van der Waals surface area contributed by atoms with Crippen LogP contribution in [0.15, 0.2) is 60.7 Å². The third kappa shape index (κ3) is 4.52. The molecule has 3 aromatic rings. The van der Waals surface area contributed by atoms with E-state index >= 15 is 0 Å². The Kier molecular flexibility index (Phi) is 6.27. The van der Waals surface area contributed by atoms with Gasteiger partial charge < -0.3 is 14.6 Å². The van der Waals surface area contributed by atoms with Crippen molar-refractivity contribution in [3.05, 3.63) is 83.2 Å². The van der Waals surface area contributed by atoms with E-state index < -0.39 is 5.97 Å². The van der Waals surface area contributed by atoms with Crippen molar-refractivity contribution in [3.8, 4) is 22.6 Å². The number of fused-ring (bicyclic) bond motifs is 1. The minimum absolute atomic E-state index is 0.0394. The molecule has 0 radical (unpaired) electrons. The summed E-state index contributed by atoms with van der Waals surface area (Å²) in [6, 6.07) is 18.8. The molecule has 1 aliphatic heterocycles. The van der Waals surface area contributed by atoms with E-state index in [1.54, 1.807) is 19.2 Å². The van der Waals surface area contributed by atoms with Crippen molar-refractivity contribution in [1.82, 2.24) is 0 Å². The molecule has 4 nitrogen and oxygen atoms in total. The van der Waals surface area contributed by atoms with Crippen LogP contribution in [-0.4, -0.2) is 18.2 Å². The highest BCUT2D eigenvalue weighted by molar-refractivity contribution is 5.68. The summed E-state index contributed by atoms with van der Waals surface area (Å²) in [5, 5.41) is 9.43. The standard InChI is InChI=1S/C29H29FO4/c1-33-23-12-13-26(30)25(16-23)19-5-7-20(8-6-19)27-14-11-21-9-10-22(15-28(21)34-27)24(17-29(31)32)18-3-2-4-18/h5-10,12-13,15-16,18,24,27H,2-4,11,14,17H2,1H3,(H,31,32)/t24-,27?/m1/s1. The van der Waals surface area contributed by atoms with Gasteiger partial charge in [0.15, 0.2) is 0 Å². The molecule has 1 aliphatic carbocycles. The molecule has 1 saturated carbocycles. The lowest BCUT2D eigenvalue weighted by Crippen LogP contribution is -2.23. The highest BCUT2D eigenvalue weighted by Crippen LogP contribution is 2.44. The summed E-state index contributed by atoms with van der Waals surface area (Å²) in [6.45, 7) is 0. The molecule has 2 atom stereocenters. The smallest absolute Gasteiger partial charge is 0.303 e. The van der Waals surface area contributed by atoms with E-state index in [1.807, 2.05) is 24.3 Å². The van der Waals surface area contributed by atoms with Crippen molar-refractivity contribution in [2.75, 3.05) is 7.11 Å². The summed E-state index contributed by atoms with van der Waals surface area (Å²) in [4.78, 5) is 11.5. The third-order valence-corrected chi connectivity index (χ3v) is 7.34. The molecule has 176 valence electrons. The number of aliphatic carboxylic acids is 1. The van der Waals surface area contributed by atoms with Gasteiger partial charge >= 0.3 is 5.97 Å². The predicted octanol–water partition coefficient (Wildman–Crippen LogP) is 6.93. The Morgan fingerprint density at radius 1 is 1.09 bits per heavy atom. The van der Waals surface area contributed by atoms with Gasteiger partial charge in [-0.3, -0.25) is 4.79 Å². The average molecular weight is 461 g/mol. The first-order valence-electron chi connectivity index (χ1n) is 12.0. The maximum Gasteiger partial charge on any atom is 0.303 e. The van der Waals surface area contributed by atoms with Crippen molar-refractivity contribution in [3.63, 3.8) is 0 Å². The maximum absolute atomic E-state index is 14.4. The average Bonchev–Trinajstić information content (AvgIpc) is 2.82. The van der Waals surface area contributed by atoms with Crippen molar-refractivity contribution in [2.24, 2.45) is 5.92 Å². The summed E-state index contributed by atoms with van der Waals surface area (Å²) >= 11 is 0. The molecule has 0 spiro atoms. The fourth-order valence-corrected chi connectivity index (χ4v) is 5.17. The van der Waals surface area contributed by atoms with Crippen molar-refractivity contribution >= 4 is 5.97 Å². The molecule has 5 rings (SSSR count). The van der Waals surface area contributed by atoms with Gasteiger partial charge in [0, 0.05) is 5.56 Å². The summed E-state index contributed by atoms with van der Waals surface area (Å²) < 4.78 is 26.0. The lowest BCUT2D eigenvalue weighted by Gasteiger charge is -2.34. The molecule has 5 heteroatoms. The van der Waals surface area contributed by atoms with E-state index in [2.05, 4.69) is 18.2 Å². The quantitative estimate of drug-likeness (QED) is 0.416.